The van der Waals surface area contributed by atoms with Crippen molar-refractivity contribution in [2.24, 2.45) is 23.7 Å². The zero-order valence-corrected chi connectivity index (χ0v) is 35.8. The van der Waals surface area contributed by atoms with Crippen LogP contribution in [0.25, 0.3) is 38.6 Å². The van der Waals surface area contributed by atoms with E-state index in [0.29, 0.717) is 35.5 Å². The fraction of sp³-hybridized carbons (Fsp3) is 0.588. The molecule has 0 amide bonds. The monoisotopic (exact) mass is 714 g/mol. The average Bonchev–Trinajstić information content (AvgIpc) is 3.54. The van der Waals surface area contributed by atoms with Crippen molar-refractivity contribution in [2.45, 2.75) is 170 Å². The predicted octanol–water partition coefficient (Wildman–Crippen LogP) is 14.9. The standard InChI is InChI=1S/C51H73N2/c1-13-50(11)44-23-18-22-43-42-19-15-16-24-45(42)53-46(33-52(49(53)48(43)44)51(50,12)14-2)47-40(38(29-25-34(3)4)30-26-35(5)6)20-17-21-41(47)39(31-27-36(7)8)32-28-37(9)10/h15-24,33-39H,13-14,25-32H2,1-12H3/q+1. The number of hydrogen-bond donors (Lipinski definition) is 0. The number of para-hydroxylation sites is 1. The van der Waals surface area contributed by atoms with Crippen LogP contribution in [-0.4, -0.2) is 4.40 Å². The molecule has 0 radical (unpaired) electrons. The molecule has 1 aliphatic heterocycles. The van der Waals surface area contributed by atoms with Crippen LogP contribution >= 0.6 is 0 Å². The summed E-state index contributed by atoms with van der Waals surface area (Å²) < 4.78 is 5.53. The SMILES string of the molecule is CCC1(C)c2cccc3c4ccccc4n4c(-c5c(C(CCC(C)C)CCC(C)C)cccc5C(CCC(C)C)CCC(C)C)c[n+](c4c23)C1(C)CC. The quantitative estimate of drug-likeness (QED) is 0.0670. The van der Waals surface area contributed by atoms with Crippen LogP contribution in [-0.2, 0) is 11.0 Å². The van der Waals surface area contributed by atoms with Gasteiger partial charge in [-0.25, -0.2) is 4.57 Å². The van der Waals surface area contributed by atoms with Crippen molar-refractivity contribution in [3.8, 4) is 11.3 Å². The van der Waals surface area contributed by atoms with E-state index in [9.17, 15) is 0 Å². The first kappa shape index (κ1) is 39.6. The molecule has 53 heavy (non-hydrogen) atoms. The van der Waals surface area contributed by atoms with E-state index in [1.807, 2.05) is 0 Å². The summed E-state index contributed by atoms with van der Waals surface area (Å²) in [6, 6.07) is 24.0. The van der Waals surface area contributed by atoms with Gasteiger partial charge in [0.1, 0.15) is 17.3 Å². The molecule has 2 nitrogen and oxygen atoms in total. The first-order valence-electron chi connectivity index (χ1n) is 21.8. The van der Waals surface area contributed by atoms with Gasteiger partial charge in [-0.1, -0.05) is 156 Å². The molecule has 3 aromatic carbocycles. The van der Waals surface area contributed by atoms with Crippen LogP contribution in [0.15, 0.2) is 66.9 Å². The van der Waals surface area contributed by atoms with E-state index in [1.165, 1.54) is 89.9 Å². The summed E-state index contributed by atoms with van der Waals surface area (Å²) in [6.45, 7) is 29.3. The molecule has 2 atom stereocenters. The van der Waals surface area contributed by atoms with Crippen molar-refractivity contribution in [3.63, 3.8) is 0 Å². The zero-order chi connectivity index (χ0) is 38.2. The van der Waals surface area contributed by atoms with Gasteiger partial charge in [-0.3, -0.25) is 0 Å². The van der Waals surface area contributed by atoms with Crippen LogP contribution in [0.4, 0.5) is 0 Å². The molecule has 0 saturated carbocycles. The molecule has 2 heteroatoms. The number of pyridine rings is 1. The molecule has 1 aliphatic rings. The largest absolute Gasteiger partial charge is 0.296 e. The minimum absolute atomic E-state index is 0.00300. The number of rotatable bonds is 17. The van der Waals surface area contributed by atoms with Crippen molar-refractivity contribution >= 4 is 27.3 Å². The molecule has 5 aromatic rings. The predicted molar refractivity (Wildman–Crippen MR) is 231 cm³/mol. The fourth-order valence-corrected chi connectivity index (χ4v) is 10.2. The Kier molecular flexibility index (Phi) is 11.9. The second-order valence-corrected chi connectivity index (χ2v) is 19.2. The zero-order valence-electron chi connectivity index (χ0n) is 35.8. The molecule has 0 spiro atoms. The number of benzene rings is 3. The summed E-state index contributed by atoms with van der Waals surface area (Å²) in [6.07, 6.45) is 14.9. The molecular weight excluding hydrogens is 641 g/mol. The average molecular weight is 714 g/mol. The summed E-state index contributed by atoms with van der Waals surface area (Å²) in [5.41, 5.74) is 10.3. The van der Waals surface area contributed by atoms with Gasteiger partial charge in [0.2, 0.25) is 0 Å². The summed E-state index contributed by atoms with van der Waals surface area (Å²) in [5.74, 6) is 3.87. The first-order chi connectivity index (χ1) is 25.3. The third-order valence-corrected chi connectivity index (χ3v) is 14.0. The van der Waals surface area contributed by atoms with Crippen LogP contribution in [0.5, 0.6) is 0 Å². The molecule has 0 saturated heterocycles. The van der Waals surface area contributed by atoms with Crippen LogP contribution in [0.1, 0.15) is 176 Å². The molecule has 0 aliphatic carbocycles. The van der Waals surface area contributed by atoms with Crippen molar-refractivity contribution in [2.75, 3.05) is 0 Å². The van der Waals surface area contributed by atoms with E-state index in [2.05, 4.69) is 159 Å². The van der Waals surface area contributed by atoms with E-state index >= 15 is 0 Å². The molecule has 6 rings (SSSR count). The van der Waals surface area contributed by atoms with Crippen molar-refractivity contribution in [1.29, 1.82) is 0 Å². The summed E-state index contributed by atoms with van der Waals surface area (Å²) in [5, 5.41) is 4.22. The van der Waals surface area contributed by atoms with Crippen molar-refractivity contribution in [3.05, 3.63) is 83.6 Å². The third-order valence-electron chi connectivity index (χ3n) is 14.0. The van der Waals surface area contributed by atoms with Gasteiger partial charge in [-0.05, 0) is 104 Å². The van der Waals surface area contributed by atoms with E-state index in [4.69, 9.17) is 0 Å². The lowest BCUT2D eigenvalue weighted by atomic mass is 9.62. The van der Waals surface area contributed by atoms with E-state index in [1.54, 1.807) is 16.7 Å². The minimum atomic E-state index is -0.0759. The van der Waals surface area contributed by atoms with Crippen LogP contribution in [0, 0.1) is 23.7 Å². The van der Waals surface area contributed by atoms with Crippen molar-refractivity contribution in [1.82, 2.24) is 4.40 Å². The Morgan fingerprint density at radius 1 is 0.566 bits per heavy atom. The number of nitrogens with zero attached hydrogens (tertiary/aromatic N) is 2. The van der Waals surface area contributed by atoms with Crippen LogP contribution in [0.2, 0.25) is 0 Å². The smallest absolute Gasteiger partial charge is 0.223 e. The highest BCUT2D eigenvalue weighted by Gasteiger charge is 2.54. The fourth-order valence-electron chi connectivity index (χ4n) is 10.2. The van der Waals surface area contributed by atoms with Gasteiger partial charge in [-0.15, -0.1) is 0 Å². The van der Waals surface area contributed by atoms with Gasteiger partial charge >= 0.3 is 0 Å². The lowest BCUT2D eigenvalue weighted by Gasteiger charge is -2.46. The van der Waals surface area contributed by atoms with E-state index < -0.39 is 0 Å². The minimum Gasteiger partial charge on any atom is -0.223 e. The summed E-state index contributed by atoms with van der Waals surface area (Å²) >= 11 is 0. The molecule has 2 aromatic heterocycles. The van der Waals surface area contributed by atoms with Gasteiger partial charge in [0.15, 0.2) is 5.69 Å². The molecule has 2 unspecified atom stereocenters. The Hall–Kier alpha value is -3.13. The normalized spacial score (nSPS) is 19.0. The lowest BCUT2D eigenvalue weighted by Crippen LogP contribution is -2.65. The maximum absolute atomic E-state index is 2.78. The maximum Gasteiger partial charge on any atom is 0.296 e. The number of fused-ring (bicyclic) bond motifs is 3. The highest BCUT2D eigenvalue weighted by molar-refractivity contribution is 6.13. The number of hydrogen-bond acceptors (Lipinski definition) is 0. The molecule has 3 heterocycles. The summed E-state index contributed by atoms with van der Waals surface area (Å²) in [7, 11) is 0. The van der Waals surface area contributed by atoms with Gasteiger partial charge in [-0.2, -0.15) is 4.40 Å². The molecule has 0 N–H and O–H groups in total. The van der Waals surface area contributed by atoms with E-state index in [0.717, 1.165) is 12.8 Å². The van der Waals surface area contributed by atoms with Gasteiger partial charge < -0.3 is 0 Å². The summed E-state index contributed by atoms with van der Waals surface area (Å²) in [4.78, 5) is 0. The highest BCUT2D eigenvalue weighted by Crippen LogP contribution is 2.52. The number of aromatic nitrogens is 2. The Balaban J connectivity index is 1.78. The molecular formula is C51H73N2+. The Bertz CT molecular complexity index is 1950. The van der Waals surface area contributed by atoms with Gasteiger partial charge in [0, 0.05) is 21.8 Å². The molecule has 0 fully saturated rings. The number of imidazole rings is 1. The first-order valence-corrected chi connectivity index (χ1v) is 21.8. The Morgan fingerprint density at radius 2 is 1.06 bits per heavy atom. The molecule has 0 bridgehead atoms. The van der Waals surface area contributed by atoms with Crippen LogP contribution < -0.4 is 4.57 Å². The van der Waals surface area contributed by atoms with E-state index in [-0.39, 0.29) is 11.0 Å². The van der Waals surface area contributed by atoms with Crippen molar-refractivity contribution < 1.29 is 4.57 Å². The van der Waals surface area contributed by atoms with Gasteiger partial charge in [0.05, 0.1) is 5.39 Å². The lowest BCUT2D eigenvalue weighted by molar-refractivity contribution is -0.750. The second kappa shape index (κ2) is 15.9. The van der Waals surface area contributed by atoms with Gasteiger partial charge in [0.25, 0.3) is 5.65 Å². The molecule has 286 valence electrons. The Labute approximate surface area is 323 Å². The second-order valence-electron chi connectivity index (χ2n) is 19.2. The Morgan fingerprint density at radius 3 is 1.55 bits per heavy atom. The highest BCUT2D eigenvalue weighted by atomic mass is 15.2. The third kappa shape index (κ3) is 7.11. The maximum atomic E-state index is 2.78. The van der Waals surface area contributed by atoms with Crippen LogP contribution in [0.3, 0.4) is 0 Å². The topological polar surface area (TPSA) is 8.29 Å².